The van der Waals surface area contributed by atoms with Gasteiger partial charge in [0.1, 0.15) is 0 Å². The minimum Gasteiger partial charge on any atom is -0.294 e. The van der Waals surface area contributed by atoms with Crippen molar-refractivity contribution in [2.75, 3.05) is 19.6 Å². The Bertz CT molecular complexity index is 365. The summed E-state index contributed by atoms with van der Waals surface area (Å²) in [5.74, 6) is 0. The highest BCUT2D eigenvalue weighted by Gasteiger charge is 2.29. The molecule has 2 aliphatic rings. The first-order chi connectivity index (χ1) is 7.45. The van der Waals surface area contributed by atoms with E-state index in [2.05, 4.69) is 46.6 Å². The lowest BCUT2D eigenvalue weighted by Gasteiger charge is -2.37. The van der Waals surface area contributed by atoms with Gasteiger partial charge in [-0.25, -0.2) is 0 Å². The third-order valence-electron chi connectivity index (χ3n) is 3.29. The molecule has 1 unspecified atom stereocenters. The molecule has 1 aromatic carbocycles. The smallest absolute Gasteiger partial charge is 0.0866 e. The first-order valence-corrected chi connectivity index (χ1v) is 5.68. The van der Waals surface area contributed by atoms with Crippen molar-refractivity contribution in [2.45, 2.75) is 12.6 Å². The van der Waals surface area contributed by atoms with Crippen molar-refractivity contribution < 1.29 is 0 Å². The zero-order valence-electron chi connectivity index (χ0n) is 8.82. The van der Waals surface area contributed by atoms with Gasteiger partial charge < -0.3 is 0 Å². The second-order valence-electron chi connectivity index (χ2n) is 4.23. The second kappa shape index (κ2) is 3.80. The lowest BCUT2D eigenvalue weighted by atomic mass is 10.0. The molecule has 1 saturated heterocycles. The van der Waals surface area contributed by atoms with Crippen molar-refractivity contribution in [3.05, 3.63) is 42.0 Å². The van der Waals surface area contributed by atoms with Gasteiger partial charge in [-0.15, -0.1) is 0 Å². The second-order valence-corrected chi connectivity index (χ2v) is 4.23. The number of rotatable bonds is 2. The average Bonchev–Trinajstić information content (AvgIpc) is 2.65. The van der Waals surface area contributed by atoms with Crippen molar-refractivity contribution in [1.29, 1.82) is 0 Å². The summed E-state index contributed by atoms with van der Waals surface area (Å²) in [5.41, 5.74) is 2.81. The highest BCUT2D eigenvalue weighted by Crippen LogP contribution is 2.26. The van der Waals surface area contributed by atoms with Crippen LogP contribution in [0.1, 0.15) is 12.0 Å². The van der Waals surface area contributed by atoms with Crippen LogP contribution in [0.15, 0.2) is 36.4 Å². The Morgan fingerprint density at radius 2 is 1.93 bits per heavy atom. The Morgan fingerprint density at radius 3 is 2.60 bits per heavy atom. The van der Waals surface area contributed by atoms with Crippen LogP contribution in [-0.2, 0) is 0 Å². The molecule has 0 aromatic heterocycles. The topological polar surface area (TPSA) is 15.3 Å². The van der Waals surface area contributed by atoms with Crippen LogP contribution in [-0.4, -0.2) is 30.7 Å². The standard InChI is InChI=1S/C13H16N2/c1-2-5-11(6-3-1)12-7-8-14-13(12)15-9-4-10-15/h1-3,5-7,13-14H,4,8-10H2. The highest BCUT2D eigenvalue weighted by atomic mass is 15.3. The molecule has 0 aliphatic carbocycles. The predicted molar refractivity (Wildman–Crippen MR) is 62.4 cm³/mol. The molecule has 0 radical (unpaired) electrons. The number of nitrogens with one attached hydrogen (secondary N) is 1. The average molecular weight is 200 g/mol. The van der Waals surface area contributed by atoms with E-state index in [-0.39, 0.29) is 0 Å². The molecule has 15 heavy (non-hydrogen) atoms. The van der Waals surface area contributed by atoms with E-state index in [0.29, 0.717) is 6.17 Å². The molecular weight excluding hydrogens is 184 g/mol. The molecule has 1 fully saturated rings. The predicted octanol–water partition coefficient (Wildman–Crippen LogP) is 1.70. The molecule has 0 spiro atoms. The van der Waals surface area contributed by atoms with Crippen molar-refractivity contribution in [3.8, 4) is 0 Å². The van der Waals surface area contributed by atoms with Crippen molar-refractivity contribution in [3.63, 3.8) is 0 Å². The fraction of sp³-hybridized carbons (Fsp3) is 0.385. The summed E-state index contributed by atoms with van der Waals surface area (Å²) in [6, 6.07) is 10.7. The first-order valence-electron chi connectivity index (χ1n) is 5.68. The van der Waals surface area contributed by atoms with Crippen LogP contribution in [0.2, 0.25) is 0 Å². The summed E-state index contributed by atoms with van der Waals surface area (Å²) >= 11 is 0. The maximum atomic E-state index is 3.54. The zero-order chi connectivity index (χ0) is 10.1. The van der Waals surface area contributed by atoms with Crippen LogP contribution in [0, 0.1) is 0 Å². The summed E-state index contributed by atoms with van der Waals surface area (Å²) < 4.78 is 0. The maximum absolute atomic E-state index is 3.54. The third-order valence-corrected chi connectivity index (χ3v) is 3.29. The highest BCUT2D eigenvalue weighted by molar-refractivity contribution is 5.71. The maximum Gasteiger partial charge on any atom is 0.0866 e. The number of hydrogen-bond donors (Lipinski definition) is 1. The van der Waals surface area contributed by atoms with Gasteiger partial charge in [0.05, 0.1) is 6.17 Å². The largest absolute Gasteiger partial charge is 0.294 e. The SMILES string of the molecule is C1=C(c2ccccc2)C(N2CCC2)NC1. The minimum absolute atomic E-state index is 0.459. The first kappa shape index (κ1) is 9.13. The van der Waals surface area contributed by atoms with Crippen LogP contribution in [0.3, 0.4) is 0 Å². The van der Waals surface area contributed by atoms with Crippen molar-refractivity contribution in [1.82, 2.24) is 10.2 Å². The number of hydrogen-bond acceptors (Lipinski definition) is 2. The van der Waals surface area contributed by atoms with Gasteiger partial charge in [0, 0.05) is 19.6 Å². The Labute approximate surface area is 90.6 Å². The number of nitrogens with zero attached hydrogens (tertiary/aromatic N) is 1. The van der Waals surface area contributed by atoms with E-state index < -0.39 is 0 Å². The Hall–Kier alpha value is -1.12. The molecule has 78 valence electrons. The molecule has 1 N–H and O–H groups in total. The molecule has 0 amide bonds. The van der Waals surface area contributed by atoms with Gasteiger partial charge in [-0.2, -0.15) is 0 Å². The van der Waals surface area contributed by atoms with Gasteiger partial charge in [0.2, 0.25) is 0 Å². The lowest BCUT2D eigenvalue weighted by Crippen LogP contribution is -2.50. The molecule has 2 nitrogen and oxygen atoms in total. The van der Waals surface area contributed by atoms with Crippen molar-refractivity contribution >= 4 is 5.57 Å². The quantitative estimate of drug-likeness (QED) is 0.781. The van der Waals surface area contributed by atoms with E-state index in [1.54, 1.807) is 0 Å². The fourth-order valence-electron chi connectivity index (χ4n) is 2.33. The molecule has 0 saturated carbocycles. The Morgan fingerprint density at radius 1 is 1.13 bits per heavy atom. The molecule has 1 atom stereocenters. The Kier molecular flexibility index (Phi) is 2.31. The summed E-state index contributed by atoms with van der Waals surface area (Å²) in [4.78, 5) is 2.51. The van der Waals surface area contributed by atoms with E-state index >= 15 is 0 Å². The van der Waals surface area contributed by atoms with E-state index in [1.165, 1.54) is 30.6 Å². The normalized spacial score (nSPS) is 26.1. The molecular formula is C13H16N2. The van der Waals surface area contributed by atoms with E-state index in [0.717, 1.165) is 6.54 Å². The van der Waals surface area contributed by atoms with Gasteiger partial charge in [0.15, 0.2) is 0 Å². The van der Waals surface area contributed by atoms with Crippen LogP contribution in [0.25, 0.3) is 5.57 Å². The zero-order valence-corrected chi connectivity index (χ0v) is 8.82. The number of likely N-dealkylation sites (tertiary alicyclic amines) is 1. The van der Waals surface area contributed by atoms with Crippen LogP contribution < -0.4 is 5.32 Å². The summed E-state index contributed by atoms with van der Waals surface area (Å²) in [7, 11) is 0. The fourth-order valence-corrected chi connectivity index (χ4v) is 2.33. The molecule has 2 heterocycles. The van der Waals surface area contributed by atoms with Crippen molar-refractivity contribution in [2.24, 2.45) is 0 Å². The van der Waals surface area contributed by atoms with Gasteiger partial charge in [-0.3, -0.25) is 10.2 Å². The van der Waals surface area contributed by atoms with Crippen LogP contribution in [0.5, 0.6) is 0 Å². The van der Waals surface area contributed by atoms with E-state index in [1.807, 2.05) is 0 Å². The molecule has 1 aromatic rings. The lowest BCUT2D eigenvalue weighted by molar-refractivity contribution is 0.135. The van der Waals surface area contributed by atoms with Gasteiger partial charge >= 0.3 is 0 Å². The van der Waals surface area contributed by atoms with E-state index in [9.17, 15) is 0 Å². The molecule has 2 heteroatoms. The monoisotopic (exact) mass is 200 g/mol. The van der Waals surface area contributed by atoms with Crippen LogP contribution >= 0.6 is 0 Å². The van der Waals surface area contributed by atoms with Gasteiger partial charge in [-0.05, 0) is 17.6 Å². The molecule has 2 aliphatic heterocycles. The van der Waals surface area contributed by atoms with E-state index in [4.69, 9.17) is 0 Å². The summed E-state index contributed by atoms with van der Waals surface area (Å²) in [5, 5.41) is 3.54. The van der Waals surface area contributed by atoms with Crippen LogP contribution in [0.4, 0.5) is 0 Å². The minimum atomic E-state index is 0.459. The number of benzene rings is 1. The molecule has 3 rings (SSSR count). The third kappa shape index (κ3) is 1.60. The summed E-state index contributed by atoms with van der Waals surface area (Å²) in [6.07, 6.45) is 4.12. The Balaban J connectivity index is 1.85. The summed E-state index contributed by atoms with van der Waals surface area (Å²) in [6.45, 7) is 3.48. The molecule has 0 bridgehead atoms. The van der Waals surface area contributed by atoms with Gasteiger partial charge in [0.25, 0.3) is 0 Å². The van der Waals surface area contributed by atoms with Gasteiger partial charge in [-0.1, -0.05) is 36.4 Å².